The first-order valence-electron chi connectivity index (χ1n) is 39.4. The highest BCUT2D eigenvalue weighted by Crippen LogP contribution is 2.57. The summed E-state index contributed by atoms with van der Waals surface area (Å²) >= 11 is 3.24. The van der Waals surface area contributed by atoms with Crippen LogP contribution in [-0.4, -0.2) is 39.7 Å². The van der Waals surface area contributed by atoms with E-state index in [1.807, 2.05) is 72.9 Å². The molecule has 0 unspecified atom stereocenters. The number of aromatic nitrogens is 1. The van der Waals surface area contributed by atoms with Crippen LogP contribution in [0.4, 0.5) is 51.2 Å². The maximum atomic E-state index is 13.0. The van der Waals surface area contributed by atoms with Crippen molar-refractivity contribution in [2.75, 3.05) is 14.7 Å². The van der Waals surface area contributed by atoms with E-state index in [1.165, 1.54) is 49.4 Å². The lowest BCUT2D eigenvalue weighted by atomic mass is 9.81. The third-order valence-electron chi connectivity index (χ3n) is 23.7. The second kappa shape index (κ2) is 29.3. The van der Waals surface area contributed by atoms with Crippen LogP contribution in [0, 0.1) is 0 Å². The summed E-state index contributed by atoms with van der Waals surface area (Å²) in [6.45, 7) is 13.4. The molecule has 3 heterocycles. The first-order chi connectivity index (χ1) is 57.3. The molecule has 0 fully saturated rings. The Balaban J connectivity index is 0.000000118. The standard InChI is InChI=1S/C37H27NO2.C35H25NO2S.C34H24N2O2S/c1-37(2)33-22-24(21-32-35(39)30-15-9-10-16-31(30)36(32)40)17-19-28(33)29-20-18-27(23-34(29)37)38(25-11-5-3-6-12-25)26-13-7-4-8-14-26;1-35(2)30-19-24(36(22-11-5-3-6-12-22)23-13-7-4-8-14-23)17-18-28(30)34-31(35)21-25(39-34)20-29-32(37)26-15-9-10-16-27(26)33(29)38;1-34(2)28-17-23(36(21-11-5-3-6-12-21)22-13-7-4-8-14-22)20-35-30(28)33-29(34)19-24(39-33)18-27-31(37)25-15-9-10-16-26(25)32(27)38/h3-23H,1-2H3;3-21H,1-2H3;3-20H,1-2H3. The lowest BCUT2D eigenvalue weighted by molar-refractivity contribution is 0.0975. The molecule has 0 saturated carbocycles. The van der Waals surface area contributed by atoms with Crippen molar-refractivity contribution < 1.29 is 28.8 Å². The van der Waals surface area contributed by atoms with Crippen molar-refractivity contribution in [1.82, 2.24) is 4.98 Å². The Morgan fingerprint density at radius 1 is 0.246 bits per heavy atom. The van der Waals surface area contributed by atoms with E-state index in [-0.39, 0.29) is 67.7 Å². The molecule has 6 aliphatic rings. The van der Waals surface area contributed by atoms with Crippen molar-refractivity contribution in [3.63, 3.8) is 0 Å². The summed E-state index contributed by atoms with van der Waals surface area (Å²) in [6.07, 6.45) is 7.22. The first kappa shape index (κ1) is 74.0. The number of carbonyl (C=O) groups is 6. The average Bonchev–Trinajstić information content (AvgIpc) is 1.57. The third-order valence-corrected chi connectivity index (χ3v) is 25.9. The highest BCUT2D eigenvalue weighted by molar-refractivity contribution is 7.17. The summed E-state index contributed by atoms with van der Waals surface area (Å²) in [6, 6.07) is 110. The highest BCUT2D eigenvalue weighted by atomic mass is 32.1. The van der Waals surface area contributed by atoms with E-state index in [1.54, 1.807) is 114 Å². The number of anilines is 9. The van der Waals surface area contributed by atoms with E-state index in [0.717, 1.165) is 82.6 Å². The number of rotatable bonds is 12. The molecule has 15 aromatic rings. The molecule has 21 rings (SSSR count). The molecule has 12 aromatic carbocycles. The van der Waals surface area contributed by atoms with Crippen LogP contribution in [0.25, 0.3) is 50.4 Å². The van der Waals surface area contributed by atoms with Crippen molar-refractivity contribution in [3.05, 3.63) is 433 Å². The minimum Gasteiger partial charge on any atom is -0.310 e. The van der Waals surface area contributed by atoms with E-state index in [9.17, 15) is 28.8 Å². The fourth-order valence-corrected chi connectivity index (χ4v) is 20.2. The molecule has 0 amide bonds. The number of pyridine rings is 1. The fourth-order valence-electron chi connectivity index (χ4n) is 17.6. The molecule has 0 radical (unpaired) electrons. The summed E-state index contributed by atoms with van der Waals surface area (Å²) in [5.74, 6) is -1.17. The quantitative estimate of drug-likeness (QED) is 0.0862. The van der Waals surface area contributed by atoms with Gasteiger partial charge in [-0.25, -0.2) is 0 Å². The lowest BCUT2D eigenvalue weighted by Crippen LogP contribution is -2.16. The Bertz CT molecular complexity index is 6270. The van der Waals surface area contributed by atoms with Crippen LogP contribution in [0.5, 0.6) is 0 Å². The number of hydrogen-bond acceptors (Lipinski definition) is 12. The zero-order valence-electron chi connectivity index (χ0n) is 65.5. The van der Waals surface area contributed by atoms with Gasteiger partial charge in [0.05, 0.1) is 39.2 Å². The fraction of sp³-hybridized carbons (Fsp3) is 0.0849. The molecule has 0 atom stereocenters. The number of thiophene rings is 2. The van der Waals surface area contributed by atoms with Gasteiger partial charge in [0.2, 0.25) is 0 Å². The number of carbonyl (C=O) groups excluding carboxylic acids is 6. The first-order valence-corrected chi connectivity index (χ1v) is 41.1. The topological polar surface area (TPSA) is 125 Å². The lowest BCUT2D eigenvalue weighted by Gasteiger charge is -2.28. The van der Waals surface area contributed by atoms with Gasteiger partial charge in [-0.2, -0.15) is 0 Å². The number of Topliss-reactive ketones (excluding diaryl/α,β-unsaturated/α-hetero) is 6. The number of fused-ring (bicyclic) bond motifs is 12. The summed E-state index contributed by atoms with van der Waals surface area (Å²) in [7, 11) is 0. The molecule has 12 heteroatoms. The van der Waals surface area contributed by atoms with Gasteiger partial charge in [-0.05, 0) is 189 Å². The Labute approximate surface area is 693 Å². The van der Waals surface area contributed by atoms with Crippen molar-refractivity contribution >= 4 is 127 Å². The van der Waals surface area contributed by atoms with Crippen LogP contribution in [0.15, 0.2) is 350 Å². The number of ketones is 6. The predicted octanol–water partition coefficient (Wildman–Crippen LogP) is 26.3. The summed E-state index contributed by atoms with van der Waals surface area (Å²) < 4.78 is 0. The van der Waals surface area contributed by atoms with Gasteiger partial charge < -0.3 is 14.7 Å². The highest BCUT2D eigenvalue weighted by Gasteiger charge is 2.43. The van der Waals surface area contributed by atoms with Crippen molar-refractivity contribution in [1.29, 1.82) is 0 Å². The number of benzene rings is 12. The Morgan fingerprint density at radius 3 is 0.907 bits per heavy atom. The maximum absolute atomic E-state index is 13.0. The van der Waals surface area contributed by atoms with Crippen LogP contribution in [0.3, 0.4) is 0 Å². The van der Waals surface area contributed by atoms with E-state index < -0.39 is 0 Å². The second-order valence-electron chi connectivity index (χ2n) is 31.8. The summed E-state index contributed by atoms with van der Waals surface area (Å²) in [4.78, 5) is 93.7. The number of allylic oxidation sites excluding steroid dienone is 3. The molecular weight excluding hydrogens is 1490 g/mol. The van der Waals surface area contributed by atoms with Crippen LogP contribution >= 0.6 is 22.7 Å². The van der Waals surface area contributed by atoms with Crippen LogP contribution < -0.4 is 14.7 Å². The normalized spacial score (nSPS) is 14.6. The molecule has 0 N–H and O–H groups in total. The van der Waals surface area contributed by atoms with Gasteiger partial charge in [0.1, 0.15) is 0 Å². The molecule has 0 spiro atoms. The van der Waals surface area contributed by atoms with Gasteiger partial charge in [0.15, 0.2) is 34.7 Å². The molecule has 568 valence electrons. The molecule has 118 heavy (non-hydrogen) atoms. The van der Waals surface area contributed by atoms with E-state index >= 15 is 0 Å². The second-order valence-corrected chi connectivity index (χ2v) is 34.0. The number of para-hydroxylation sites is 6. The van der Waals surface area contributed by atoms with Crippen LogP contribution in [-0.2, 0) is 16.2 Å². The number of hydrogen-bond donors (Lipinski definition) is 0. The Hall–Kier alpha value is -14.2. The molecule has 0 saturated heterocycles. The predicted molar refractivity (Wildman–Crippen MR) is 479 cm³/mol. The van der Waals surface area contributed by atoms with Gasteiger partial charge in [0, 0.05) is 110 Å². The molecule has 3 aromatic heterocycles. The monoisotopic (exact) mass is 1560 g/mol. The van der Waals surface area contributed by atoms with Crippen LogP contribution in [0.1, 0.15) is 152 Å². The van der Waals surface area contributed by atoms with Gasteiger partial charge >= 0.3 is 0 Å². The summed E-state index contributed by atoms with van der Waals surface area (Å²) in [5, 5.41) is 0. The number of nitrogens with zero attached hydrogens (tertiary/aromatic N) is 4. The molecular formula is C106H76N4O6S2. The van der Waals surface area contributed by atoms with Crippen molar-refractivity contribution in [2.45, 2.75) is 57.8 Å². The zero-order valence-corrected chi connectivity index (χ0v) is 67.2. The maximum Gasteiger partial charge on any atom is 0.197 e. The smallest absolute Gasteiger partial charge is 0.197 e. The van der Waals surface area contributed by atoms with Gasteiger partial charge in [0.25, 0.3) is 0 Å². The SMILES string of the molecule is CC1(C)c2cc(C=C3C(=O)c4ccccc4C3=O)ccc2-c2ccc(N(c3ccccc3)c3ccccc3)cc21.CC1(C)c2cc(N(c3ccccc3)c3ccccc3)ccc2-c2sc(C=C3C(=O)c4ccccc4C3=O)cc21.CC1(C)c2cc(N(c3ccccc3)c3ccccc3)cnc2-c2sc(C=C3C(=O)c4ccccc4C3=O)cc21. The van der Waals surface area contributed by atoms with Crippen molar-refractivity contribution in [3.8, 4) is 32.1 Å². The van der Waals surface area contributed by atoms with E-state index in [0.29, 0.717) is 33.4 Å². The summed E-state index contributed by atoms with van der Waals surface area (Å²) in [5.41, 5.74) is 25.4. The van der Waals surface area contributed by atoms with Gasteiger partial charge in [-0.15, -0.1) is 22.7 Å². The Morgan fingerprint density at radius 2 is 0.525 bits per heavy atom. The van der Waals surface area contributed by atoms with Crippen molar-refractivity contribution in [2.24, 2.45) is 0 Å². The largest absolute Gasteiger partial charge is 0.310 e. The minimum atomic E-state index is -0.285. The average molecular weight is 1570 g/mol. The van der Waals surface area contributed by atoms with Gasteiger partial charge in [-0.3, -0.25) is 33.8 Å². The Kier molecular flexibility index (Phi) is 18.4. The van der Waals surface area contributed by atoms with E-state index in [4.69, 9.17) is 4.98 Å². The molecule has 0 aliphatic heterocycles. The third kappa shape index (κ3) is 12.6. The molecule has 10 nitrogen and oxygen atoms in total. The van der Waals surface area contributed by atoms with E-state index in [2.05, 4.69) is 244 Å². The minimum absolute atomic E-state index is 0.185. The molecule has 6 aliphatic carbocycles. The molecule has 0 bridgehead atoms. The zero-order chi connectivity index (χ0) is 80.9. The van der Waals surface area contributed by atoms with Gasteiger partial charge in [-0.1, -0.05) is 254 Å². The van der Waals surface area contributed by atoms with Crippen LogP contribution in [0.2, 0.25) is 0 Å².